The zero-order valence-corrected chi connectivity index (χ0v) is 11.6. The molecular weight excluding hydrogens is 260 g/mol. The molecule has 0 bridgehead atoms. The van der Waals surface area contributed by atoms with Crippen LogP contribution in [0.3, 0.4) is 0 Å². The molecule has 0 N–H and O–H groups in total. The third-order valence-corrected chi connectivity index (χ3v) is 3.48. The first kappa shape index (κ1) is 13.4. The van der Waals surface area contributed by atoms with E-state index >= 15 is 0 Å². The van der Waals surface area contributed by atoms with Crippen LogP contribution in [-0.4, -0.2) is 20.2 Å². The minimum absolute atomic E-state index is 0.400. The van der Waals surface area contributed by atoms with Crippen LogP contribution in [0.25, 0.3) is 12.2 Å². The smallest absolute Gasteiger partial charge is 0.342 e. The standard InChI is InChI=1S/C15H14O3S/c1-17-13-7-3-5-11(14(13)15(16)18-2)8-9-12-6-4-10-19-12/h3-10H,1-2H3. The van der Waals surface area contributed by atoms with Crippen molar-refractivity contribution in [2.24, 2.45) is 0 Å². The Morgan fingerprint density at radius 2 is 2.00 bits per heavy atom. The summed E-state index contributed by atoms with van der Waals surface area (Å²) in [7, 11) is 2.90. The van der Waals surface area contributed by atoms with Crippen LogP contribution in [0.2, 0.25) is 0 Å². The summed E-state index contributed by atoms with van der Waals surface area (Å²) in [4.78, 5) is 13.0. The molecule has 0 fully saturated rings. The van der Waals surface area contributed by atoms with Crippen molar-refractivity contribution in [3.63, 3.8) is 0 Å². The normalized spacial score (nSPS) is 10.6. The Labute approximate surface area is 116 Å². The highest BCUT2D eigenvalue weighted by Gasteiger charge is 2.16. The molecule has 0 aliphatic heterocycles. The van der Waals surface area contributed by atoms with Gasteiger partial charge in [-0.25, -0.2) is 4.79 Å². The fourth-order valence-corrected chi connectivity index (χ4v) is 2.35. The maximum Gasteiger partial charge on any atom is 0.342 e. The Bertz CT molecular complexity index is 585. The van der Waals surface area contributed by atoms with Crippen molar-refractivity contribution in [2.45, 2.75) is 0 Å². The van der Waals surface area contributed by atoms with Crippen molar-refractivity contribution in [1.29, 1.82) is 0 Å². The van der Waals surface area contributed by atoms with E-state index < -0.39 is 5.97 Å². The van der Waals surface area contributed by atoms with Crippen molar-refractivity contribution in [2.75, 3.05) is 14.2 Å². The third-order valence-electron chi connectivity index (χ3n) is 2.64. The molecule has 0 unspecified atom stereocenters. The Morgan fingerprint density at radius 3 is 2.63 bits per heavy atom. The predicted molar refractivity (Wildman–Crippen MR) is 77.6 cm³/mol. The quantitative estimate of drug-likeness (QED) is 0.797. The lowest BCUT2D eigenvalue weighted by molar-refractivity contribution is 0.0597. The number of rotatable bonds is 4. The maximum absolute atomic E-state index is 11.8. The zero-order valence-electron chi connectivity index (χ0n) is 10.8. The van der Waals surface area contributed by atoms with Crippen molar-refractivity contribution < 1.29 is 14.3 Å². The van der Waals surface area contributed by atoms with E-state index in [9.17, 15) is 4.79 Å². The van der Waals surface area contributed by atoms with Crippen LogP contribution in [0, 0.1) is 0 Å². The van der Waals surface area contributed by atoms with Gasteiger partial charge in [0.05, 0.1) is 14.2 Å². The molecule has 0 saturated heterocycles. The van der Waals surface area contributed by atoms with Gasteiger partial charge in [-0.2, -0.15) is 0 Å². The van der Waals surface area contributed by atoms with Gasteiger partial charge in [-0.15, -0.1) is 11.3 Å². The second kappa shape index (κ2) is 6.20. The second-order valence-corrected chi connectivity index (χ2v) is 4.74. The van der Waals surface area contributed by atoms with Gasteiger partial charge < -0.3 is 9.47 Å². The van der Waals surface area contributed by atoms with Gasteiger partial charge in [0, 0.05) is 4.88 Å². The lowest BCUT2D eigenvalue weighted by atomic mass is 10.1. The average molecular weight is 274 g/mol. The van der Waals surface area contributed by atoms with Crippen molar-refractivity contribution in [3.8, 4) is 5.75 Å². The molecule has 0 aliphatic carbocycles. The second-order valence-electron chi connectivity index (χ2n) is 3.76. The summed E-state index contributed by atoms with van der Waals surface area (Å²) in [6, 6.07) is 9.45. The number of hydrogen-bond acceptors (Lipinski definition) is 4. The summed E-state index contributed by atoms with van der Waals surface area (Å²) in [5.74, 6) is 0.114. The highest BCUT2D eigenvalue weighted by Crippen LogP contribution is 2.25. The molecule has 2 rings (SSSR count). The van der Waals surface area contributed by atoms with Crippen LogP contribution in [0.1, 0.15) is 20.8 Å². The summed E-state index contributed by atoms with van der Waals surface area (Å²) in [5.41, 5.74) is 1.22. The minimum atomic E-state index is -0.400. The lowest BCUT2D eigenvalue weighted by Gasteiger charge is -2.09. The molecule has 98 valence electrons. The summed E-state index contributed by atoms with van der Waals surface area (Å²) >= 11 is 1.64. The number of ether oxygens (including phenoxy) is 2. The highest BCUT2D eigenvalue weighted by molar-refractivity contribution is 7.10. The van der Waals surface area contributed by atoms with E-state index in [1.165, 1.54) is 14.2 Å². The number of benzene rings is 1. The number of esters is 1. The van der Waals surface area contributed by atoms with Crippen LogP contribution in [0.5, 0.6) is 5.75 Å². The monoisotopic (exact) mass is 274 g/mol. The first-order valence-corrected chi connectivity index (χ1v) is 6.61. The summed E-state index contributed by atoms with van der Waals surface area (Å²) in [6.45, 7) is 0. The van der Waals surface area contributed by atoms with Crippen LogP contribution < -0.4 is 4.74 Å². The van der Waals surface area contributed by atoms with Crippen molar-refractivity contribution >= 4 is 29.5 Å². The zero-order chi connectivity index (χ0) is 13.7. The van der Waals surface area contributed by atoms with E-state index in [2.05, 4.69) is 0 Å². The SMILES string of the molecule is COC(=O)c1c(C=Cc2cccs2)cccc1OC. The van der Waals surface area contributed by atoms with Crippen LogP contribution in [-0.2, 0) is 4.74 Å². The molecule has 1 aromatic carbocycles. The van der Waals surface area contributed by atoms with E-state index in [-0.39, 0.29) is 0 Å². The summed E-state index contributed by atoms with van der Waals surface area (Å²) in [5, 5.41) is 2.01. The van der Waals surface area contributed by atoms with E-state index in [0.29, 0.717) is 11.3 Å². The average Bonchev–Trinajstić information content (AvgIpc) is 2.97. The minimum Gasteiger partial charge on any atom is -0.496 e. The van der Waals surface area contributed by atoms with Gasteiger partial charge in [-0.3, -0.25) is 0 Å². The maximum atomic E-state index is 11.8. The molecule has 1 heterocycles. The van der Waals surface area contributed by atoms with Gasteiger partial charge in [0.25, 0.3) is 0 Å². The molecule has 4 heteroatoms. The molecule has 3 nitrogen and oxygen atoms in total. The first-order chi connectivity index (χ1) is 9.26. The fraction of sp³-hybridized carbons (Fsp3) is 0.133. The van der Waals surface area contributed by atoms with Gasteiger partial charge in [0.15, 0.2) is 0 Å². The Kier molecular flexibility index (Phi) is 4.36. The topological polar surface area (TPSA) is 35.5 Å². The van der Waals surface area contributed by atoms with Gasteiger partial charge in [0.2, 0.25) is 0 Å². The molecule has 2 aromatic rings. The molecule has 19 heavy (non-hydrogen) atoms. The number of carbonyl (C=O) groups excluding carboxylic acids is 1. The summed E-state index contributed by atoms with van der Waals surface area (Å²) in [6.07, 6.45) is 3.85. The molecular formula is C15H14O3S. The number of thiophene rings is 1. The molecule has 1 aromatic heterocycles. The predicted octanol–water partition coefficient (Wildman–Crippen LogP) is 3.71. The fourth-order valence-electron chi connectivity index (χ4n) is 1.74. The Morgan fingerprint density at radius 1 is 1.16 bits per heavy atom. The van der Waals surface area contributed by atoms with Crippen LogP contribution in [0.4, 0.5) is 0 Å². The molecule has 0 saturated carbocycles. The number of carbonyl (C=O) groups is 1. The highest BCUT2D eigenvalue weighted by atomic mass is 32.1. The van der Waals surface area contributed by atoms with Gasteiger partial charge in [-0.05, 0) is 29.2 Å². The van der Waals surface area contributed by atoms with Gasteiger partial charge in [-0.1, -0.05) is 24.3 Å². The molecule has 0 amide bonds. The van der Waals surface area contributed by atoms with Crippen LogP contribution >= 0.6 is 11.3 Å². The largest absolute Gasteiger partial charge is 0.496 e. The summed E-state index contributed by atoms with van der Waals surface area (Å²) < 4.78 is 10.0. The molecule has 0 radical (unpaired) electrons. The van der Waals surface area contributed by atoms with Crippen molar-refractivity contribution in [3.05, 3.63) is 51.7 Å². The van der Waals surface area contributed by atoms with E-state index in [1.807, 2.05) is 41.8 Å². The first-order valence-electron chi connectivity index (χ1n) is 5.73. The van der Waals surface area contributed by atoms with Crippen molar-refractivity contribution in [1.82, 2.24) is 0 Å². The van der Waals surface area contributed by atoms with E-state index in [1.54, 1.807) is 17.4 Å². The van der Waals surface area contributed by atoms with E-state index in [4.69, 9.17) is 9.47 Å². The Hall–Kier alpha value is -2.07. The lowest BCUT2D eigenvalue weighted by Crippen LogP contribution is -2.06. The third kappa shape index (κ3) is 3.03. The van der Waals surface area contributed by atoms with Gasteiger partial charge in [0.1, 0.15) is 11.3 Å². The van der Waals surface area contributed by atoms with Gasteiger partial charge >= 0.3 is 5.97 Å². The molecule has 0 aliphatic rings. The van der Waals surface area contributed by atoms with Crippen LogP contribution in [0.15, 0.2) is 35.7 Å². The molecule has 0 atom stereocenters. The van der Waals surface area contributed by atoms with E-state index in [0.717, 1.165) is 10.4 Å². The number of hydrogen-bond donors (Lipinski definition) is 0. The Balaban J connectivity index is 2.42. The molecule has 0 spiro atoms. The number of methoxy groups -OCH3 is 2.